The SMILES string of the molecule is O=C1/C(=C\c2nc(-c3ccccc3)nn2-c2ccccc2)SC(=S)N1Cc1ccccc1. The summed E-state index contributed by atoms with van der Waals surface area (Å²) in [6, 6.07) is 29.4. The van der Waals surface area contributed by atoms with Gasteiger partial charge >= 0.3 is 0 Å². The predicted octanol–water partition coefficient (Wildman–Crippen LogP) is 5.34. The van der Waals surface area contributed by atoms with Crippen molar-refractivity contribution >= 4 is 40.3 Å². The molecule has 4 aromatic rings. The molecular formula is C25H18N4OS2. The van der Waals surface area contributed by atoms with Crippen LogP contribution in [-0.2, 0) is 11.3 Å². The Morgan fingerprint density at radius 1 is 0.875 bits per heavy atom. The smallest absolute Gasteiger partial charge is 0.266 e. The Kier molecular flexibility index (Phi) is 5.66. The summed E-state index contributed by atoms with van der Waals surface area (Å²) in [6.07, 6.45) is 1.77. The van der Waals surface area contributed by atoms with Crippen molar-refractivity contribution in [1.82, 2.24) is 19.7 Å². The first-order valence-corrected chi connectivity index (χ1v) is 11.3. The maximum atomic E-state index is 13.1. The minimum atomic E-state index is -0.118. The molecule has 32 heavy (non-hydrogen) atoms. The quantitative estimate of drug-likeness (QED) is 0.301. The summed E-state index contributed by atoms with van der Waals surface area (Å²) < 4.78 is 2.30. The van der Waals surface area contributed by atoms with Crippen LogP contribution in [-0.4, -0.2) is 29.9 Å². The lowest BCUT2D eigenvalue weighted by molar-refractivity contribution is -0.122. The van der Waals surface area contributed by atoms with E-state index < -0.39 is 0 Å². The van der Waals surface area contributed by atoms with Gasteiger partial charge in [-0.25, -0.2) is 9.67 Å². The minimum Gasteiger partial charge on any atom is -0.288 e. The molecule has 0 atom stereocenters. The van der Waals surface area contributed by atoms with Crippen LogP contribution in [0.1, 0.15) is 11.4 Å². The Balaban J connectivity index is 1.52. The number of nitrogens with zero attached hydrogens (tertiary/aromatic N) is 4. The van der Waals surface area contributed by atoms with Crippen LogP contribution in [0.5, 0.6) is 0 Å². The molecular weight excluding hydrogens is 436 g/mol. The molecule has 0 spiro atoms. The molecule has 1 saturated heterocycles. The van der Waals surface area contributed by atoms with Gasteiger partial charge in [-0.1, -0.05) is 103 Å². The van der Waals surface area contributed by atoms with Gasteiger partial charge in [0.1, 0.15) is 4.32 Å². The maximum absolute atomic E-state index is 13.1. The minimum absolute atomic E-state index is 0.118. The number of para-hydroxylation sites is 1. The summed E-state index contributed by atoms with van der Waals surface area (Å²) in [7, 11) is 0. The highest BCUT2D eigenvalue weighted by molar-refractivity contribution is 8.26. The van der Waals surface area contributed by atoms with Gasteiger partial charge < -0.3 is 0 Å². The van der Waals surface area contributed by atoms with E-state index >= 15 is 0 Å². The first-order chi connectivity index (χ1) is 15.7. The molecule has 1 amide bonds. The van der Waals surface area contributed by atoms with Gasteiger partial charge in [-0.3, -0.25) is 9.69 Å². The summed E-state index contributed by atoms with van der Waals surface area (Å²) in [5.41, 5.74) is 2.81. The lowest BCUT2D eigenvalue weighted by atomic mass is 10.2. The molecule has 0 bridgehead atoms. The molecule has 0 N–H and O–H groups in total. The van der Waals surface area contributed by atoms with E-state index in [2.05, 4.69) is 0 Å². The van der Waals surface area contributed by atoms with E-state index in [1.165, 1.54) is 11.8 Å². The standard InChI is InChI=1S/C25H18N4OS2/c30-24-21(32-25(31)28(24)17-18-10-4-1-5-11-18)16-22-26-23(19-12-6-2-7-13-19)27-29(22)20-14-8-3-9-15-20/h1-16H,17H2/b21-16+. The predicted molar refractivity (Wildman–Crippen MR) is 132 cm³/mol. The Bertz CT molecular complexity index is 1300. The van der Waals surface area contributed by atoms with Gasteiger partial charge in [0.2, 0.25) is 0 Å². The van der Waals surface area contributed by atoms with Crippen molar-refractivity contribution in [2.45, 2.75) is 6.54 Å². The van der Waals surface area contributed by atoms with Gasteiger partial charge in [-0.05, 0) is 17.7 Å². The van der Waals surface area contributed by atoms with Crippen LogP contribution in [0.15, 0.2) is 95.9 Å². The van der Waals surface area contributed by atoms with Crippen molar-refractivity contribution in [1.29, 1.82) is 0 Å². The average Bonchev–Trinajstić information content (AvgIpc) is 3.38. The number of thiocarbonyl (C=S) groups is 1. The molecule has 0 radical (unpaired) electrons. The topological polar surface area (TPSA) is 51.0 Å². The second kappa shape index (κ2) is 8.90. The highest BCUT2D eigenvalue weighted by atomic mass is 32.2. The summed E-state index contributed by atoms with van der Waals surface area (Å²) in [5, 5.41) is 4.72. The number of benzene rings is 3. The number of rotatable bonds is 5. The number of thioether (sulfide) groups is 1. The lowest BCUT2D eigenvalue weighted by Crippen LogP contribution is -2.27. The lowest BCUT2D eigenvalue weighted by Gasteiger charge is -2.14. The van der Waals surface area contributed by atoms with Gasteiger partial charge in [0.25, 0.3) is 5.91 Å². The first-order valence-electron chi connectivity index (χ1n) is 10.1. The van der Waals surface area contributed by atoms with E-state index in [0.717, 1.165) is 16.8 Å². The second-order valence-electron chi connectivity index (χ2n) is 7.16. The average molecular weight is 455 g/mol. The molecule has 5 rings (SSSR count). The largest absolute Gasteiger partial charge is 0.288 e. The Labute approximate surface area is 195 Å². The van der Waals surface area contributed by atoms with Crippen molar-refractivity contribution < 1.29 is 4.79 Å². The normalized spacial score (nSPS) is 15.0. The van der Waals surface area contributed by atoms with Crippen molar-refractivity contribution in [3.63, 3.8) is 0 Å². The second-order valence-corrected chi connectivity index (χ2v) is 8.84. The molecule has 0 aliphatic carbocycles. The highest BCUT2D eigenvalue weighted by Gasteiger charge is 2.32. The third-order valence-electron chi connectivity index (χ3n) is 4.98. The monoisotopic (exact) mass is 454 g/mol. The van der Waals surface area contributed by atoms with Crippen molar-refractivity contribution in [3.8, 4) is 17.1 Å². The summed E-state index contributed by atoms with van der Waals surface area (Å²) in [5.74, 6) is 1.06. The van der Waals surface area contributed by atoms with Crippen LogP contribution in [0.2, 0.25) is 0 Å². The number of carbonyl (C=O) groups excluding carboxylic acids is 1. The zero-order valence-electron chi connectivity index (χ0n) is 17.0. The van der Waals surface area contributed by atoms with Gasteiger partial charge in [0.05, 0.1) is 17.1 Å². The molecule has 0 unspecified atom stereocenters. The third kappa shape index (κ3) is 4.12. The van der Waals surface area contributed by atoms with Crippen molar-refractivity contribution in [3.05, 3.63) is 107 Å². The fraction of sp³-hybridized carbons (Fsp3) is 0.0400. The van der Waals surface area contributed by atoms with Gasteiger partial charge in [0, 0.05) is 11.6 Å². The van der Waals surface area contributed by atoms with E-state index in [1.807, 2.05) is 91.0 Å². The number of hydrogen-bond acceptors (Lipinski definition) is 5. The molecule has 5 nitrogen and oxygen atoms in total. The Morgan fingerprint density at radius 3 is 2.19 bits per heavy atom. The van der Waals surface area contributed by atoms with Crippen LogP contribution in [0, 0.1) is 0 Å². The number of aromatic nitrogens is 3. The maximum Gasteiger partial charge on any atom is 0.266 e. The summed E-state index contributed by atoms with van der Waals surface area (Å²) in [6.45, 7) is 0.448. The Morgan fingerprint density at radius 2 is 1.50 bits per heavy atom. The molecule has 2 heterocycles. The van der Waals surface area contributed by atoms with E-state index in [-0.39, 0.29) is 5.91 Å². The van der Waals surface area contributed by atoms with Crippen LogP contribution in [0.3, 0.4) is 0 Å². The molecule has 1 fully saturated rings. The number of amides is 1. The van der Waals surface area contributed by atoms with Crippen molar-refractivity contribution in [2.24, 2.45) is 0 Å². The summed E-state index contributed by atoms with van der Waals surface area (Å²) >= 11 is 6.80. The van der Waals surface area contributed by atoms with Crippen LogP contribution in [0.25, 0.3) is 23.2 Å². The van der Waals surface area contributed by atoms with Crippen LogP contribution < -0.4 is 0 Å². The Hall–Kier alpha value is -3.55. The third-order valence-corrected chi connectivity index (χ3v) is 6.36. The van der Waals surface area contributed by atoms with E-state index in [1.54, 1.807) is 15.7 Å². The molecule has 0 saturated carbocycles. The van der Waals surface area contributed by atoms with Gasteiger partial charge in [-0.2, -0.15) is 0 Å². The zero-order valence-corrected chi connectivity index (χ0v) is 18.6. The van der Waals surface area contributed by atoms with Crippen LogP contribution in [0.4, 0.5) is 0 Å². The fourth-order valence-electron chi connectivity index (χ4n) is 3.41. The summed E-state index contributed by atoms with van der Waals surface area (Å²) in [4.78, 5) is 20.0. The van der Waals surface area contributed by atoms with Gasteiger partial charge in [-0.15, -0.1) is 5.10 Å². The highest BCUT2D eigenvalue weighted by Crippen LogP contribution is 2.34. The van der Waals surface area contributed by atoms with E-state index in [0.29, 0.717) is 27.4 Å². The molecule has 3 aromatic carbocycles. The zero-order chi connectivity index (χ0) is 21.9. The van der Waals surface area contributed by atoms with Crippen LogP contribution >= 0.6 is 24.0 Å². The molecule has 156 valence electrons. The van der Waals surface area contributed by atoms with E-state index in [9.17, 15) is 4.79 Å². The van der Waals surface area contributed by atoms with E-state index in [4.69, 9.17) is 22.3 Å². The van der Waals surface area contributed by atoms with Gasteiger partial charge in [0.15, 0.2) is 11.6 Å². The number of carbonyl (C=O) groups is 1. The first kappa shape index (κ1) is 20.4. The fourth-order valence-corrected chi connectivity index (χ4v) is 4.63. The number of hydrogen-bond donors (Lipinski definition) is 0. The molecule has 1 aliphatic heterocycles. The molecule has 7 heteroatoms. The molecule has 1 aliphatic rings. The van der Waals surface area contributed by atoms with Crippen molar-refractivity contribution in [2.75, 3.05) is 0 Å². The molecule has 1 aromatic heterocycles.